The summed E-state index contributed by atoms with van der Waals surface area (Å²) >= 11 is 5.74. The number of halogens is 1. The van der Waals surface area contributed by atoms with Gasteiger partial charge >= 0.3 is 5.97 Å². The fourth-order valence-electron chi connectivity index (χ4n) is 1.39. The number of carbonyl (C=O) groups is 1. The molecule has 0 aliphatic carbocycles. The maximum absolute atomic E-state index is 11.6. The van der Waals surface area contributed by atoms with Crippen molar-refractivity contribution in [2.24, 2.45) is 5.92 Å². The van der Waals surface area contributed by atoms with Crippen LogP contribution < -0.4 is 0 Å². The van der Waals surface area contributed by atoms with E-state index in [4.69, 9.17) is 16.3 Å². The number of hydrogen-bond acceptors (Lipinski definition) is 2. The topological polar surface area (TPSA) is 26.3 Å². The zero-order chi connectivity index (χ0) is 12.0. The van der Waals surface area contributed by atoms with Gasteiger partial charge in [0.1, 0.15) is 0 Å². The van der Waals surface area contributed by atoms with E-state index >= 15 is 0 Å². The monoisotopic (exact) mass is 240 g/mol. The first-order chi connectivity index (χ1) is 7.67. The molecule has 1 aromatic carbocycles. The van der Waals surface area contributed by atoms with Crippen LogP contribution in [0.3, 0.4) is 0 Å². The number of benzene rings is 1. The summed E-state index contributed by atoms with van der Waals surface area (Å²) in [7, 11) is 0. The van der Waals surface area contributed by atoms with E-state index in [1.807, 2.05) is 0 Å². The van der Waals surface area contributed by atoms with Gasteiger partial charge in [0.2, 0.25) is 0 Å². The summed E-state index contributed by atoms with van der Waals surface area (Å²) in [6.45, 7) is 4.70. The Bertz CT molecular complexity index is 328. The molecule has 0 spiro atoms. The Morgan fingerprint density at radius 2 is 1.81 bits per heavy atom. The number of ether oxygens (including phenoxy) is 1. The van der Waals surface area contributed by atoms with Crippen LogP contribution in [0.4, 0.5) is 0 Å². The Kier molecular flexibility index (Phi) is 5.33. The Balaban J connectivity index is 2.49. The third-order valence-electron chi connectivity index (χ3n) is 2.68. The minimum atomic E-state index is -0.274. The van der Waals surface area contributed by atoms with E-state index in [1.54, 1.807) is 24.3 Å². The van der Waals surface area contributed by atoms with Crippen molar-refractivity contribution >= 4 is 17.6 Å². The van der Waals surface area contributed by atoms with Crippen molar-refractivity contribution in [2.75, 3.05) is 6.61 Å². The van der Waals surface area contributed by atoms with Crippen LogP contribution in [0, 0.1) is 5.92 Å². The van der Waals surface area contributed by atoms with E-state index in [1.165, 1.54) is 0 Å². The molecule has 0 N–H and O–H groups in total. The molecule has 0 heterocycles. The van der Waals surface area contributed by atoms with E-state index in [0.717, 1.165) is 12.8 Å². The summed E-state index contributed by atoms with van der Waals surface area (Å²) in [6.07, 6.45) is 2.06. The highest BCUT2D eigenvalue weighted by molar-refractivity contribution is 6.30. The number of carbonyl (C=O) groups excluding carboxylic acids is 1. The average molecular weight is 241 g/mol. The predicted molar refractivity (Wildman–Crippen MR) is 65.8 cm³/mol. The molecule has 0 bridgehead atoms. The SMILES string of the molecule is CCC(CC)COC(=O)c1ccc(Cl)cc1. The predicted octanol–water partition coefficient (Wildman–Crippen LogP) is 3.93. The van der Waals surface area contributed by atoms with Crippen LogP contribution in [-0.4, -0.2) is 12.6 Å². The summed E-state index contributed by atoms with van der Waals surface area (Å²) in [4.78, 5) is 11.6. The van der Waals surface area contributed by atoms with Gasteiger partial charge in [0.25, 0.3) is 0 Å². The van der Waals surface area contributed by atoms with Crippen LogP contribution in [0.1, 0.15) is 37.0 Å². The van der Waals surface area contributed by atoms with E-state index in [9.17, 15) is 4.79 Å². The molecular weight excluding hydrogens is 224 g/mol. The van der Waals surface area contributed by atoms with Crippen LogP contribution in [-0.2, 0) is 4.74 Å². The fourth-order valence-corrected chi connectivity index (χ4v) is 1.51. The number of hydrogen-bond donors (Lipinski definition) is 0. The van der Waals surface area contributed by atoms with Gasteiger partial charge in [-0.1, -0.05) is 38.3 Å². The zero-order valence-electron chi connectivity index (χ0n) is 9.70. The molecule has 0 saturated carbocycles. The van der Waals surface area contributed by atoms with Gasteiger partial charge < -0.3 is 4.74 Å². The first kappa shape index (κ1) is 13.0. The van der Waals surface area contributed by atoms with Gasteiger partial charge in [0, 0.05) is 5.02 Å². The largest absolute Gasteiger partial charge is 0.462 e. The molecule has 0 radical (unpaired) electrons. The molecular formula is C13H17ClO2. The Labute approximate surface area is 102 Å². The molecule has 0 aromatic heterocycles. The molecule has 0 saturated heterocycles. The lowest BCUT2D eigenvalue weighted by molar-refractivity contribution is 0.0433. The Morgan fingerprint density at radius 3 is 2.31 bits per heavy atom. The lowest BCUT2D eigenvalue weighted by Crippen LogP contribution is -2.13. The third kappa shape index (κ3) is 3.86. The summed E-state index contributed by atoms with van der Waals surface area (Å²) in [6, 6.07) is 6.74. The third-order valence-corrected chi connectivity index (χ3v) is 2.94. The van der Waals surface area contributed by atoms with Gasteiger partial charge in [-0.3, -0.25) is 0 Å². The van der Waals surface area contributed by atoms with Crippen molar-refractivity contribution in [3.05, 3.63) is 34.9 Å². The standard InChI is InChI=1S/C13H17ClO2/c1-3-10(4-2)9-16-13(15)11-5-7-12(14)8-6-11/h5-8,10H,3-4,9H2,1-2H3. The van der Waals surface area contributed by atoms with E-state index in [-0.39, 0.29) is 5.97 Å². The second kappa shape index (κ2) is 6.54. The summed E-state index contributed by atoms with van der Waals surface area (Å²) < 4.78 is 5.23. The maximum Gasteiger partial charge on any atom is 0.338 e. The molecule has 3 heteroatoms. The van der Waals surface area contributed by atoms with Crippen molar-refractivity contribution in [2.45, 2.75) is 26.7 Å². The van der Waals surface area contributed by atoms with Gasteiger partial charge in [0.15, 0.2) is 0 Å². The minimum absolute atomic E-state index is 0.274. The van der Waals surface area contributed by atoms with Crippen molar-refractivity contribution in [3.63, 3.8) is 0 Å². The van der Waals surface area contributed by atoms with Gasteiger partial charge in [-0.2, -0.15) is 0 Å². The average Bonchev–Trinajstić information content (AvgIpc) is 2.31. The van der Waals surface area contributed by atoms with E-state index in [2.05, 4.69) is 13.8 Å². The molecule has 2 nitrogen and oxygen atoms in total. The van der Waals surface area contributed by atoms with Crippen LogP contribution >= 0.6 is 11.6 Å². The van der Waals surface area contributed by atoms with Crippen molar-refractivity contribution in [1.29, 1.82) is 0 Å². The minimum Gasteiger partial charge on any atom is -0.462 e. The summed E-state index contributed by atoms with van der Waals surface area (Å²) in [5.41, 5.74) is 0.551. The molecule has 0 fully saturated rings. The molecule has 0 aliphatic rings. The van der Waals surface area contributed by atoms with Gasteiger partial charge in [-0.05, 0) is 30.2 Å². The highest BCUT2D eigenvalue weighted by Crippen LogP contribution is 2.12. The van der Waals surface area contributed by atoms with Crippen molar-refractivity contribution in [3.8, 4) is 0 Å². The fraction of sp³-hybridized carbons (Fsp3) is 0.462. The second-order valence-corrected chi connectivity index (χ2v) is 4.22. The Hall–Kier alpha value is -1.02. The van der Waals surface area contributed by atoms with Crippen molar-refractivity contribution in [1.82, 2.24) is 0 Å². The number of esters is 1. The van der Waals surface area contributed by atoms with E-state index < -0.39 is 0 Å². The Morgan fingerprint density at radius 1 is 1.25 bits per heavy atom. The van der Waals surface area contributed by atoms with Gasteiger partial charge in [-0.15, -0.1) is 0 Å². The second-order valence-electron chi connectivity index (χ2n) is 3.79. The molecule has 0 atom stereocenters. The quantitative estimate of drug-likeness (QED) is 0.729. The highest BCUT2D eigenvalue weighted by atomic mass is 35.5. The van der Waals surface area contributed by atoms with Gasteiger partial charge in [0.05, 0.1) is 12.2 Å². The van der Waals surface area contributed by atoms with Gasteiger partial charge in [-0.25, -0.2) is 4.79 Å². The molecule has 16 heavy (non-hydrogen) atoms. The highest BCUT2D eigenvalue weighted by Gasteiger charge is 2.10. The first-order valence-electron chi connectivity index (χ1n) is 5.60. The molecule has 1 aromatic rings. The lowest BCUT2D eigenvalue weighted by atomic mass is 10.1. The number of rotatable bonds is 5. The molecule has 0 amide bonds. The van der Waals surface area contributed by atoms with Crippen LogP contribution in [0.5, 0.6) is 0 Å². The van der Waals surface area contributed by atoms with Crippen LogP contribution in [0.25, 0.3) is 0 Å². The molecule has 0 aliphatic heterocycles. The molecule has 0 unspecified atom stereocenters. The molecule has 88 valence electrons. The van der Waals surface area contributed by atoms with Crippen molar-refractivity contribution < 1.29 is 9.53 Å². The van der Waals surface area contributed by atoms with Crippen LogP contribution in [0.15, 0.2) is 24.3 Å². The smallest absolute Gasteiger partial charge is 0.338 e. The summed E-state index contributed by atoms with van der Waals surface area (Å²) in [5, 5.41) is 0.622. The summed E-state index contributed by atoms with van der Waals surface area (Å²) in [5.74, 6) is 0.180. The first-order valence-corrected chi connectivity index (χ1v) is 5.97. The van der Waals surface area contributed by atoms with E-state index in [0.29, 0.717) is 23.1 Å². The normalized spacial score (nSPS) is 10.5. The van der Waals surface area contributed by atoms with Crippen LogP contribution in [0.2, 0.25) is 5.02 Å². The maximum atomic E-state index is 11.6. The molecule has 1 rings (SSSR count). The lowest BCUT2D eigenvalue weighted by Gasteiger charge is -2.12. The zero-order valence-corrected chi connectivity index (χ0v) is 10.5.